The molecule has 0 radical (unpaired) electrons. The Morgan fingerprint density at radius 2 is 1.94 bits per heavy atom. The van der Waals surface area contributed by atoms with Crippen LogP contribution < -0.4 is 21.7 Å². The first kappa shape index (κ1) is 23.3. The molecule has 3 heterocycles. The molecule has 11 heteroatoms. The van der Waals surface area contributed by atoms with Crippen molar-refractivity contribution in [2.75, 3.05) is 30.3 Å². The number of pyridine rings is 1. The summed E-state index contributed by atoms with van der Waals surface area (Å²) in [7, 11) is 0. The number of carbonyl (C=O) groups excluding carboxylic acids is 1. The number of nitrogen functional groups attached to an aromatic ring is 1. The van der Waals surface area contributed by atoms with E-state index in [0.717, 1.165) is 23.0 Å². The summed E-state index contributed by atoms with van der Waals surface area (Å²) in [4.78, 5) is 17.7. The second-order valence-corrected chi connectivity index (χ2v) is 9.01. The van der Waals surface area contributed by atoms with Crippen LogP contribution in [-0.4, -0.2) is 41.7 Å². The molecule has 1 fully saturated rings. The number of anilines is 2. The number of benzene rings is 1. The molecule has 4 rings (SSSR count). The van der Waals surface area contributed by atoms with Gasteiger partial charge in [-0.3, -0.25) is 4.79 Å². The Labute approximate surface area is 192 Å². The largest absolute Gasteiger partial charge is 0.417 e. The number of hydrogen-bond donors (Lipinski definition) is 4. The zero-order chi connectivity index (χ0) is 23.8. The summed E-state index contributed by atoms with van der Waals surface area (Å²) in [6, 6.07) is 10.4. The molecule has 1 unspecified atom stereocenters. The van der Waals surface area contributed by atoms with Crippen LogP contribution in [0.15, 0.2) is 36.4 Å². The number of hydrogen-bond acceptors (Lipinski definition) is 7. The normalized spacial score (nSPS) is 16.3. The minimum atomic E-state index is -4.66. The molecule has 1 aliphatic heterocycles. The van der Waals surface area contributed by atoms with E-state index in [-0.39, 0.29) is 32.6 Å². The number of nitrogens with one attached hydrogen (secondary N) is 1. The van der Waals surface area contributed by atoms with Crippen molar-refractivity contribution in [3.63, 3.8) is 0 Å². The second kappa shape index (κ2) is 9.16. The predicted molar refractivity (Wildman–Crippen MR) is 122 cm³/mol. The smallest absolute Gasteiger partial charge is 0.397 e. The standard InChI is InChI=1S/C22H24F3N5O2S/c23-22(24,25)14-10-16(29-21-17(14)18(26)19(33-21)20(27)32)30-8-6-13(7-9-30)28-11-15(31)12-4-2-1-3-5-12/h1-5,10,13,15,28,31H,6-9,11,26H2,(H2,27,32). The van der Waals surface area contributed by atoms with Crippen molar-refractivity contribution in [3.8, 4) is 0 Å². The molecule has 7 nitrogen and oxygen atoms in total. The Morgan fingerprint density at radius 3 is 2.55 bits per heavy atom. The lowest BCUT2D eigenvalue weighted by atomic mass is 10.0. The summed E-state index contributed by atoms with van der Waals surface area (Å²) in [5, 5.41) is 13.4. The maximum absolute atomic E-state index is 13.8. The number of aromatic nitrogens is 1. The minimum absolute atomic E-state index is 0.0392. The van der Waals surface area contributed by atoms with Gasteiger partial charge in [0.15, 0.2) is 0 Å². The molecule has 6 N–H and O–H groups in total. The van der Waals surface area contributed by atoms with Crippen LogP contribution in [0, 0.1) is 0 Å². The van der Waals surface area contributed by atoms with Crippen molar-refractivity contribution >= 4 is 39.0 Å². The zero-order valence-electron chi connectivity index (χ0n) is 17.6. The SMILES string of the molecule is NC(=O)c1sc2nc(N3CCC(NCC(O)c4ccccc4)CC3)cc(C(F)(F)F)c2c1N. The predicted octanol–water partition coefficient (Wildman–Crippen LogP) is 3.29. The lowest BCUT2D eigenvalue weighted by molar-refractivity contribution is -0.136. The van der Waals surface area contributed by atoms with Crippen LogP contribution in [0.25, 0.3) is 10.2 Å². The average molecular weight is 480 g/mol. The molecule has 1 saturated heterocycles. The molecular formula is C22H24F3N5O2S. The number of primary amides is 1. The summed E-state index contributed by atoms with van der Waals surface area (Å²) in [5.74, 6) is -0.690. The van der Waals surface area contributed by atoms with Crippen molar-refractivity contribution < 1.29 is 23.1 Å². The van der Waals surface area contributed by atoms with Crippen LogP contribution >= 0.6 is 11.3 Å². The van der Waals surface area contributed by atoms with E-state index in [1.165, 1.54) is 0 Å². The van der Waals surface area contributed by atoms with Crippen molar-refractivity contribution in [2.24, 2.45) is 5.73 Å². The van der Waals surface area contributed by atoms with E-state index in [4.69, 9.17) is 11.5 Å². The Hall–Kier alpha value is -2.89. The van der Waals surface area contributed by atoms with Gasteiger partial charge >= 0.3 is 6.18 Å². The fourth-order valence-electron chi connectivity index (χ4n) is 4.06. The summed E-state index contributed by atoms with van der Waals surface area (Å²) < 4.78 is 41.4. The van der Waals surface area contributed by atoms with E-state index in [0.29, 0.717) is 32.5 Å². The molecular weight excluding hydrogens is 455 g/mol. The van der Waals surface area contributed by atoms with E-state index in [2.05, 4.69) is 10.3 Å². The number of nitrogens with zero attached hydrogens (tertiary/aromatic N) is 2. The van der Waals surface area contributed by atoms with Gasteiger partial charge in [-0.25, -0.2) is 4.98 Å². The van der Waals surface area contributed by atoms with Gasteiger partial charge < -0.3 is 26.8 Å². The number of halogens is 3. The van der Waals surface area contributed by atoms with Crippen LogP contribution in [0.4, 0.5) is 24.7 Å². The first-order valence-corrected chi connectivity index (χ1v) is 11.3. The lowest BCUT2D eigenvalue weighted by Gasteiger charge is -2.34. The molecule has 0 spiro atoms. The highest BCUT2D eigenvalue weighted by atomic mass is 32.1. The highest BCUT2D eigenvalue weighted by molar-refractivity contribution is 7.21. The third-order valence-electron chi connectivity index (χ3n) is 5.82. The van der Waals surface area contributed by atoms with Crippen LogP contribution in [0.5, 0.6) is 0 Å². The molecule has 176 valence electrons. The van der Waals surface area contributed by atoms with Gasteiger partial charge in [0.1, 0.15) is 15.5 Å². The van der Waals surface area contributed by atoms with Gasteiger partial charge in [-0.15, -0.1) is 11.3 Å². The number of amides is 1. The summed E-state index contributed by atoms with van der Waals surface area (Å²) in [6.07, 6.45) is -3.93. The minimum Gasteiger partial charge on any atom is -0.397 e. The highest BCUT2D eigenvalue weighted by Gasteiger charge is 2.37. The second-order valence-electron chi connectivity index (χ2n) is 8.01. The molecule has 1 amide bonds. The highest BCUT2D eigenvalue weighted by Crippen LogP contribution is 2.43. The van der Waals surface area contributed by atoms with E-state index in [1.807, 2.05) is 30.3 Å². The van der Waals surface area contributed by atoms with Crippen molar-refractivity contribution in [1.29, 1.82) is 0 Å². The number of thiophene rings is 1. The quantitative estimate of drug-likeness (QED) is 0.431. The molecule has 0 bridgehead atoms. The number of piperidine rings is 1. The monoisotopic (exact) mass is 479 g/mol. The van der Waals surface area contributed by atoms with Crippen LogP contribution in [-0.2, 0) is 6.18 Å². The van der Waals surface area contributed by atoms with E-state index in [1.54, 1.807) is 4.90 Å². The Morgan fingerprint density at radius 1 is 1.27 bits per heavy atom. The summed E-state index contributed by atoms with van der Waals surface area (Å²) in [6.45, 7) is 1.39. The van der Waals surface area contributed by atoms with Crippen LogP contribution in [0.3, 0.4) is 0 Å². The first-order valence-electron chi connectivity index (χ1n) is 10.5. The lowest BCUT2D eigenvalue weighted by Crippen LogP contribution is -2.44. The fourth-order valence-corrected chi connectivity index (χ4v) is 5.03. The van der Waals surface area contributed by atoms with Gasteiger partial charge in [0, 0.05) is 31.1 Å². The van der Waals surface area contributed by atoms with E-state index < -0.39 is 23.8 Å². The molecule has 0 aliphatic carbocycles. The summed E-state index contributed by atoms with van der Waals surface area (Å²) in [5.41, 5.74) is 10.7. The van der Waals surface area contributed by atoms with Crippen LogP contribution in [0.1, 0.15) is 39.7 Å². The van der Waals surface area contributed by atoms with Crippen molar-refractivity contribution in [3.05, 3.63) is 52.4 Å². The molecule has 2 aromatic heterocycles. The summed E-state index contributed by atoms with van der Waals surface area (Å²) >= 11 is 0.773. The van der Waals surface area contributed by atoms with Gasteiger partial charge in [-0.1, -0.05) is 30.3 Å². The number of aliphatic hydroxyl groups excluding tert-OH is 1. The van der Waals surface area contributed by atoms with Gasteiger partial charge in [0.05, 0.1) is 17.4 Å². The topological polar surface area (TPSA) is 118 Å². The molecule has 3 aromatic rings. The number of rotatable bonds is 6. The Balaban J connectivity index is 1.48. The number of nitrogens with two attached hydrogens (primary N) is 2. The van der Waals surface area contributed by atoms with Crippen molar-refractivity contribution in [2.45, 2.75) is 31.2 Å². The average Bonchev–Trinajstić information content (AvgIpc) is 3.14. The third kappa shape index (κ3) is 4.90. The third-order valence-corrected chi connectivity index (χ3v) is 6.93. The van der Waals surface area contributed by atoms with Gasteiger partial charge in [0.25, 0.3) is 5.91 Å². The zero-order valence-corrected chi connectivity index (χ0v) is 18.4. The number of fused-ring (bicyclic) bond motifs is 1. The van der Waals surface area contributed by atoms with E-state index >= 15 is 0 Å². The molecule has 33 heavy (non-hydrogen) atoms. The Kier molecular flexibility index (Phi) is 6.46. The Bertz CT molecular complexity index is 1140. The molecule has 1 aliphatic rings. The van der Waals surface area contributed by atoms with Crippen LogP contribution in [0.2, 0.25) is 0 Å². The van der Waals surface area contributed by atoms with Crippen molar-refractivity contribution in [1.82, 2.24) is 10.3 Å². The maximum Gasteiger partial charge on any atom is 0.417 e. The fraction of sp³-hybridized carbons (Fsp3) is 0.364. The maximum atomic E-state index is 13.8. The number of aliphatic hydroxyl groups is 1. The number of carbonyl (C=O) groups is 1. The van der Waals surface area contributed by atoms with E-state index in [9.17, 15) is 23.1 Å². The molecule has 1 aromatic carbocycles. The first-order chi connectivity index (χ1) is 15.6. The van der Waals surface area contributed by atoms with Gasteiger partial charge in [0.2, 0.25) is 0 Å². The van der Waals surface area contributed by atoms with Gasteiger partial charge in [-0.2, -0.15) is 13.2 Å². The van der Waals surface area contributed by atoms with Gasteiger partial charge in [-0.05, 0) is 24.5 Å². The molecule has 0 saturated carbocycles. The molecule has 1 atom stereocenters. The number of alkyl halides is 3.